The zero-order valence-corrected chi connectivity index (χ0v) is 21.0. The predicted octanol–water partition coefficient (Wildman–Crippen LogP) is 0.165. The van der Waals surface area contributed by atoms with Crippen LogP contribution in [0.2, 0.25) is 0 Å². The van der Waals surface area contributed by atoms with Crippen molar-refractivity contribution in [1.29, 1.82) is 0 Å². The first kappa shape index (κ1) is 21.8. The number of H-pyrrole nitrogens is 2. The van der Waals surface area contributed by atoms with Crippen molar-refractivity contribution in [2.75, 3.05) is 6.54 Å². The van der Waals surface area contributed by atoms with Gasteiger partial charge in [-0.2, -0.15) is 10.3 Å². The number of rotatable bonds is 7. The number of carbonyl (C=O) groups excluding carboxylic acids is 2. The minimum absolute atomic E-state index is 0.0293. The molecule has 4 aromatic heterocycles. The largest absolute Gasteiger partial charge is 0.417 e. The Morgan fingerprint density at radius 3 is 2.63 bits per heavy atom. The van der Waals surface area contributed by atoms with Gasteiger partial charge in [-0.15, -0.1) is 10.2 Å². The lowest BCUT2D eigenvalue weighted by atomic mass is 8.92. The first-order valence-corrected chi connectivity index (χ1v) is 13.4. The second-order valence-corrected chi connectivity index (χ2v) is 11.9. The van der Waals surface area contributed by atoms with Crippen molar-refractivity contribution in [1.82, 2.24) is 50.8 Å². The predicted molar refractivity (Wildman–Crippen MR) is 133 cm³/mol. The lowest BCUT2D eigenvalue weighted by Gasteiger charge is -3.11. The molecule has 0 spiro atoms. The van der Waals surface area contributed by atoms with E-state index in [2.05, 4.69) is 46.3 Å². The number of hydrogen-bond acceptors (Lipinski definition) is 9. The number of halogens is 1. The van der Waals surface area contributed by atoms with E-state index in [-0.39, 0.29) is 34.4 Å². The smallest absolute Gasteiger partial charge is 0.408 e. The Bertz CT molecular complexity index is 2010. The van der Waals surface area contributed by atoms with E-state index in [1.165, 1.54) is 6.07 Å². The number of nitrogens with zero attached hydrogens (tertiary/aromatic N) is 6. The average molecular weight is 555 g/mol. The molecule has 0 saturated heterocycles. The normalized spacial score (nSPS) is 34.2. The maximum atomic E-state index is 14.5. The summed E-state index contributed by atoms with van der Waals surface area (Å²) in [6.07, 6.45) is 0.970. The van der Waals surface area contributed by atoms with Crippen molar-refractivity contribution in [2.45, 2.75) is 12.0 Å². The Morgan fingerprint density at radius 2 is 1.88 bits per heavy atom. The number of tetrazole rings is 1. The maximum Gasteiger partial charge on any atom is 0.417 e. The van der Waals surface area contributed by atoms with Crippen LogP contribution in [0.3, 0.4) is 0 Å². The number of carbonyl (C=O) groups is 2. The van der Waals surface area contributed by atoms with Crippen LogP contribution < -0.4 is 16.4 Å². The van der Waals surface area contributed by atoms with E-state index < -0.39 is 23.4 Å². The molecule has 6 aliphatic carbocycles. The van der Waals surface area contributed by atoms with Gasteiger partial charge in [0.05, 0.1) is 11.7 Å². The molecule has 41 heavy (non-hydrogen) atoms. The van der Waals surface area contributed by atoms with Crippen molar-refractivity contribution in [3.05, 3.63) is 69.6 Å². The highest BCUT2D eigenvalue weighted by Gasteiger charge is 3.10. The van der Waals surface area contributed by atoms with E-state index in [9.17, 15) is 18.8 Å². The molecule has 0 atom stereocenters. The number of hydrogen-bond donors (Lipinski definition) is 4. The third-order valence-electron chi connectivity index (χ3n) is 11.0. The summed E-state index contributed by atoms with van der Waals surface area (Å²) >= 11 is 0. The topological polar surface area (TPSA) is 189 Å². The molecule has 0 bridgehead atoms. The third-order valence-corrected chi connectivity index (χ3v) is 11.0. The van der Waals surface area contributed by atoms with Gasteiger partial charge in [0.15, 0.2) is 22.9 Å². The van der Waals surface area contributed by atoms with Gasteiger partial charge in [-0.05, 0) is 58.6 Å². The van der Waals surface area contributed by atoms with Crippen molar-refractivity contribution in [2.24, 2.45) is 40.9 Å². The first-order valence-electron chi connectivity index (χ1n) is 13.4. The van der Waals surface area contributed by atoms with Crippen LogP contribution in [-0.2, 0) is 12.0 Å². The molecule has 14 nitrogen and oxygen atoms in total. The molecular weight excluding hydrogens is 535 g/mol. The van der Waals surface area contributed by atoms with Gasteiger partial charge in [0.1, 0.15) is 11.4 Å². The Balaban J connectivity index is 0.874. The molecule has 6 aliphatic rings. The summed E-state index contributed by atoms with van der Waals surface area (Å²) in [4.78, 5) is 44.5. The number of nitrogens with one attached hydrogen (secondary N) is 4. The van der Waals surface area contributed by atoms with Gasteiger partial charge in [-0.1, -0.05) is 11.3 Å². The molecule has 6 fully saturated rings. The Hall–Kier alpha value is -4.95. The monoisotopic (exact) mass is 554 g/mol. The number of fused-ring (bicyclic) bond motifs is 2. The van der Waals surface area contributed by atoms with Crippen LogP contribution in [0.25, 0.3) is 16.7 Å². The summed E-state index contributed by atoms with van der Waals surface area (Å²) in [6, 6.07) is 6.34. The van der Waals surface area contributed by atoms with E-state index in [0.29, 0.717) is 58.7 Å². The van der Waals surface area contributed by atoms with E-state index in [0.717, 1.165) is 16.5 Å². The summed E-state index contributed by atoms with van der Waals surface area (Å²) in [5.74, 6) is 1.96. The minimum Gasteiger partial charge on any atom is -0.408 e. The molecule has 5 aromatic rings. The number of aromatic nitrogens is 8. The van der Waals surface area contributed by atoms with Crippen LogP contribution in [0.5, 0.6) is 0 Å². The Labute approximate surface area is 227 Å². The summed E-state index contributed by atoms with van der Waals surface area (Å²) in [6.45, 7) is 0.644. The zero-order chi connectivity index (χ0) is 27.4. The van der Waals surface area contributed by atoms with Gasteiger partial charge >= 0.3 is 5.76 Å². The maximum absolute atomic E-state index is 14.5. The molecule has 204 valence electrons. The molecule has 0 radical (unpaired) electrons. The molecule has 0 unspecified atom stereocenters. The van der Waals surface area contributed by atoms with Gasteiger partial charge < -0.3 is 15.1 Å². The SMILES string of the molecule is O=C(NCc1ccc2oc(=O)[nH]c2c1)c1cc(C(=O)NCC23C4C5C2C2C3C4C52c2nn[nH]n2)n2ncc(F)c2n1. The van der Waals surface area contributed by atoms with E-state index in [1.807, 2.05) is 0 Å². The van der Waals surface area contributed by atoms with Gasteiger partial charge in [0, 0.05) is 24.6 Å². The first-order chi connectivity index (χ1) is 19.9. The molecule has 0 aliphatic heterocycles. The standard InChI is InChI=1S/C26H19FN10O4/c27-9-6-30-37-12(4-11(31-20(9)37)21(38)28-5-8-1-2-13-10(3-8)32-24(40)41-13)22(39)29-7-25-14-17-15(25)19-16(25)18(14)26(17,19)23-33-35-36-34-23/h1-4,6,14-19H,5,7H2,(H,28,38)(H,29,39)(H,32,40)(H,33,34,35,36). The molecule has 2 amide bonds. The van der Waals surface area contributed by atoms with Crippen molar-refractivity contribution >= 4 is 28.6 Å². The summed E-state index contributed by atoms with van der Waals surface area (Å²) < 4.78 is 20.6. The van der Waals surface area contributed by atoms with Gasteiger partial charge in [-0.3, -0.25) is 14.6 Å². The number of aromatic amines is 2. The number of amides is 2. The van der Waals surface area contributed by atoms with Gasteiger partial charge in [-0.25, -0.2) is 18.7 Å². The Morgan fingerprint density at radius 1 is 1.07 bits per heavy atom. The third kappa shape index (κ3) is 2.16. The second-order valence-electron chi connectivity index (χ2n) is 11.9. The molecule has 6 saturated carbocycles. The second kappa shape index (κ2) is 6.67. The fraction of sp³-hybridized carbons (Fsp3) is 0.385. The van der Waals surface area contributed by atoms with Crippen LogP contribution in [0.1, 0.15) is 32.4 Å². The molecule has 11 rings (SSSR count). The number of oxazole rings is 1. The molecule has 4 N–H and O–H groups in total. The van der Waals surface area contributed by atoms with Crippen molar-refractivity contribution < 1.29 is 18.4 Å². The zero-order valence-electron chi connectivity index (χ0n) is 21.0. The highest BCUT2D eigenvalue weighted by atomic mass is 19.1. The van der Waals surface area contributed by atoms with Gasteiger partial charge in [0.25, 0.3) is 11.8 Å². The highest BCUT2D eigenvalue weighted by molar-refractivity contribution is 5.98. The van der Waals surface area contributed by atoms with Crippen LogP contribution in [0.4, 0.5) is 4.39 Å². The van der Waals surface area contributed by atoms with Crippen molar-refractivity contribution in [3.63, 3.8) is 0 Å². The number of benzene rings is 1. The van der Waals surface area contributed by atoms with Crippen molar-refractivity contribution in [3.8, 4) is 0 Å². The molecule has 4 heterocycles. The van der Waals surface area contributed by atoms with Crippen LogP contribution in [-0.4, -0.2) is 58.6 Å². The van der Waals surface area contributed by atoms with Crippen LogP contribution in [0.15, 0.2) is 39.7 Å². The average Bonchev–Trinajstić information content (AvgIpc) is 3.74. The lowest BCUT2D eigenvalue weighted by molar-refractivity contribution is -0.627. The van der Waals surface area contributed by atoms with Gasteiger partial charge in [0.2, 0.25) is 0 Å². The molecular formula is C26H19FN10O4. The lowest BCUT2D eigenvalue weighted by Crippen LogP contribution is -3.12. The quantitative estimate of drug-likeness (QED) is 0.217. The van der Waals surface area contributed by atoms with Crippen LogP contribution in [0, 0.1) is 46.7 Å². The molecule has 1 aromatic carbocycles. The fourth-order valence-electron chi connectivity index (χ4n) is 9.82. The van der Waals surface area contributed by atoms with E-state index in [1.54, 1.807) is 18.2 Å². The Kier molecular flexibility index (Phi) is 3.55. The summed E-state index contributed by atoms with van der Waals surface area (Å²) in [5, 5.41) is 24.7. The van der Waals surface area contributed by atoms with E-state index >= 15 is 0 Å². The van der Waals surface area contributed by atoms with E-state index in [4.69, 9.17) is 4.42 Å². The highest BCUT2D eigenvalue weighted by Crippen LogP contribution is 3.09. The molecule has 15 heteroatoms. The summed E-state index contributed by atoms with van der Waals surface area (Å²) in [5.41, 5.74) is 1.56. The van der Waals surface area contributed by atoms with Crippen LogP contribution >= 0.6 is 0 Å². The fourth-order valence-corrected chi connectivity index (χ4v) is 9.82. The summed E-state index contributed by atoms with van der Waals surface area (Å²) in [7, 11) is 0. The minimum atomic E-state index is -0.740.